The minimum Gasteiger partial charge on any atom is -0.475 e. The summed E-state index contributed by atoms with van der Waals surface area (Å²) in [5.41, 5.74) is 7.22. The van der Waals surface area contributed by atoms with Crippen LogP contribution in [0.1, 0.15) is 39.6 Å². The predicted octanol–water partition coefficient (Wildman–Crippen LogP) is 2.21. The van der Waals surface area contributed by atoms with Crippen LogP contribution in [0.15, 0.2) is 48.5 Å². The standard InChI is InChI=1S/C27H34N6O6S.2C2HF3O2/c1-3-39-27(36)20-8-10-21(11-9-20)30-25(34)23-16-22(31-12-14-32(15-13-31)40(2,37)38)17-33(23)26(35)19-6-4-18(5-7-19)24(28)29;2*3-2(4,5)1(6)7/h4-11,22-23H,3,12-17H2,1-2H3,(H3,28,29)(H,30,34);2*(H,6,7)/t22-,23-;;/m0../s1. The summed E-state index contributed by atoms with van der Waals surface area (Å²) in [6, 6.07) is 11.8. The number of nitrogens with two attached hydrogens (primary N) is 1. The number of esters is 1. The van der Waals surface area contributed by atoms with Gasteiger partial charge in [-0.1, -0.05) is 12.1 Å². The van der Waals surface area contributed by atoms with Gasteiger partial charge < -0.3 is 30.9 Å². The van der Waals surface area contributed by atoms with Crippen molar-refractivity contribution >= 4 is 51.3 Å². The van der Waals surface area contributed by atoms with E-state index < -0.39 is 46.3 Å². The Balaban J connectivity index is 0.000000610. The van der Waals surface area contributed by atoms with Gasteiger partial charge in [-0.15, -0.1) is 0 Å². The zero-order valence-electron chi connectivity index (χ0n) is 28.5. The lowest BCUT2D eigenvalue weighted by molar-refractivity contribution is -0.193. The van der Waals surface area contributed by atoms with E-state index >= 15 is 0 Å². The SMILES string of the molecule is CCOC(=O)c1ccc(NC(=O)[C@@H]2C[C@H](N3CCN(S(C)(=O)=O)CC3)CN2C(=O)c2ccc(C(=N)N)cc2)cc1.O=C(O)C(F)(F)F.O=C(O)C(F)(F)F. The van der Waals surface area contributed by atoms with Crippen LogP contribution in [-0.4, -0.2) is 138 Å². The quantitative estimate of drug-likeness (QED) is 0.112. The van der Waals surface area contributed by atoms with Gasteiger partial charge in [-0.05, 0) is 49.7 Å². The highest BCUT2D eigenvalue weighted by atomic mass is 32.2. The molecule has 2 aromatic carbocycles. The van der Waals surface area contributed by atoms with E-state index in [4.69, 9.17) is 35.7 Å². The molecule has 298 valence electrons. The summed E-state index contributed by atoms with van der Waals surface area (Å²) >= 11 is 0. The largest absolute Gasteiger partial charge is 0.490 e. The monoisotopic (exact) mass is 798 g/mol. The summed E-state index contributed by atoms with van der Waals surface area (Å²) in [7, 11) is -3.29. The number of anilines is 1. The molecule has 4 rings (SSSR count). The molecule has 0 unspecified atom stereocenters. The fraction of sp³-hybridized carbons (Fsp3) is 0.419. The van der Waals surface area contributed by atoms with Crippen molar-refractivity contribution in [2.45, 2.75) is 37.8 Å². The number of likely N-dealkylation sites (tertiary alicyclic amines) is 1. The van der Waals surface area contributed by atoms with E-state index in [2.05, 4.69) is 10.2 Å². The molecule has 16 nitrogen and oxygen atoms in total. The number of carbonyl (C=O) groups excluding carboxylic acids is 3. The molecule has 2 fully saturated rings. The van der Waals surface area contributed by atoms with Crippen LogP contribution in [0.3, 0.4) is 0 Å². The molecule has 2 atom stereocenters. The van der Waals surface area contributed by atoms with Gasteiger partial charge in [-0.25, -0.2) is 22.8 Å². The Bertz CT molecular complexity index is 1760. The fourth-order valence-corrected chi connectivity index (χ4v) is 5.87. The first-order chi connectivity index (χ1) is 24.9. The first-order valence-electron chi connectivity index (χ1n) is 15.5. The molecule has 0 aromatic heterocycles. The minimum absolute atomic E-state index is 0.111. The molecule has 0 spiro atoms. The summed E-state index contributed by atoms with van der Waals surface area (Å²) in [6.45, 7) is 3.96. The number of benzene rings is 2. The molecular formula is C31H36F6N6O10S. The lowest BCUT2D eigenvalue weighted by Crippen LogP contribution is -2.52. The van der Waals surface area contributed by atoms with E-state index in [9.17, 15) is 49.1 Å². The summed E-state index contributed by atoms with van der Waals surface area (Å²) in [5, 5.41) is 24.7. The Morgan fingerprint density at radius 1 is 0.852 bits per heavy atom. The number of piperazine rings is 1. The van der Waals surface area contributed by atoms with Crippen LogP contribution >= 0.6 is 0 Å². The molecule has 2 amide bonds. The minimum atomic E-state index is -5.08. The molecule has 0 aliphatic carbocycles. The number of carbonyl (C=O) groups is 5. The number of amides is 2. The zero-order chi connectivity index (χ0) is 41.2. The third-order valence-electron chi connectivity index (χ3n) is 7.69. The zero-order valence-corrected chi connectivity index (χ0v) is 29.3. The number of hydrogen-bond acceptors (Lipinski definition) is 10. The van der Waals surface area contributed by atoms with Gasteiger partial charge in [0.05, 0.1) is 18.4 Å². The Kier molecular flexibility index (Phi) is 15.5. The van der Waals surface area contributed by atoms with Gasteiger partial charge >= 0.3 is 30.3 Å². The Morgan fingerprint density at radius 2 is 1.30 bits per heavy atom. The molecule has 6 N–H and O–H groups in total. The number of rotatable bonds is 8. The smallest absolute Gasteiger partial charge is 0.475 e. The van der Waals surface area contributed by atoms with Crippen LogP contribution in [0.4, 0.5) is 32.0 Å². The number of nitrogens with one attached hydrogen (secondary N) is 2. The number of ether oxygens (including phenoxy) is 1. The second kappa shape index (κ2) is 18.6. The van der Waals surface area contributed by atoms with Crippen LogP contribution in [-0.2, 0) is 29.1 Å². The summed E-state index contributed by atoms with van der Waals surface area (Å²) < 4.78 is 93.8. The van der Waals surface area contributed by atoms with E-state index in [1.807, 2.05) is 0 Å². The molecule has 0 saturated carbocycles. The highest BCUT2D eigenvalue weighted by Crippen LogP contribution is 2.27. The van der Waals surface area contributed by atoms with Crippen molar-refractivity contribution in [3.05, 3.63) is 65.2 Å². The highest BCUT2D eigenvalue weighted by molar-refractivity contribution is 7.88. The second-order valence-electron chi connectivity index (χ2n) is 11.4. The van der Waals surface area contributed by atoms with Gasteiger partial charge in [0.25, 0.3) is 5.91 Å². The number of hydrogen-bond donors (Lipinski definition) is 5. The van der Waals surface area contributed by atoms with E-state index in [1.54, 1.807) is 60.4 Å². The molecule has 2 saturated heterocycles. The number of nitrogen functional groups attached to an aromatic ring is 1. The number of aliphatic carboxylic acids is 2. The normalized spacial score (nSPS) is 17.9. The number of nitrogens with zero attached hydrogens (tertiary/aromatic N) is 3. The van der Waals surface area contributed by atoms with Crippen LogP contribution in [0.25, 0.3) is 0 Å². The van der Waals surface area contributed by atoms with Gasteiger partial charge in [-0.3, -0.25) is 19.9 Å². The molecule has 0 radical (unpaired) electrons. The lowest BCUT2D eigenvalue weighted by atomic mass is 10.1. The van der Waals surface area contributed by atoms with Gasteiger partial charge in [0.2, 0.25) is 15.9 Å². The van der Waals surface area contributed by atoms with Crippen LogP contribution in [0.2, 0.25) is 0 Å². The molecule has 2 heterocycles. The topological polar surface area (TPSA) is 241 Å². The molecule has 54 heavy (non-hydrogen) atoms. The van der Waals surface area contributed by atoms with Crippen molar-refractivity contribution < 1.29 is 73.7 Å². The summed E-state index contributed by atoms with van der Waals surface area (Å²) in [5.74, 6) is -6.78. The molecule has 0 bridgehead atoms. The molecular weight excluding hydrogens is 762 g/mol. The van der Waals surface area contributed by atoms with Gasteiger partial charge in [0.15, 0.2) is 0 Å². The van der Waals surface area contributed by atoms with Crippen molar-refractivity contribution in [3.63, 3.8) is 0 Å². The van der Waals surface area contributed by atoms with Gasteiger partial charge in [-0.2, -0.15) is 30.6 Å². The maximum absolute atomic E-state index is 13.6. The first kappa shape index (κ1) is 44.9. The summed E-state index contributed by atoms with van der Waals surface area (Å²) in [6.07, 6.45) is -8.60. The Labute approximate surface area is 304 Å². The summed E-state index contributed by atoms with van der Waals surface area (Å²) in [4.78, 5) is 60.5. The molecule has 2 aliphatic rings. The number of amidine groups is 1. The van der Waals surface area contributed by atoms with Crippen molar-refractivity contribution in [3.8, 4) is 0 Å². The predicted molar refractivity (Wildman–Crippen MR) is 177 cm³/mol. The van der Waals surface area contributed by atoms with Gasteiger partial charge in [0, 0.05) is 55.6 Å². The first-order valence-corrected chi connectivity index (χ1v) is 17.3. The van der Waals surface area contributed by atoms with E-state index in [0.717, 1.165) is 0 Å². The maximum Gasteiger partial charge on any atom is 0.490 e. The molecule has 23 heteroatoms. The van der Waals surface area contributed by atoms with Crippen molar-refractivity contribution in [2.24, 2.45) is 5.73 Å². The van der Waals surface area contributed by atoms with Crippen molar-refractivity contribution in [2.75, 3.05) is 50.9 Å². The Hall–Kier alpha value is -5.29. The number of halogens is 6. The van der Waals surface area contributed by atoms with Crippen molar-refractivity contribution in [1.29, 1.82) is 5.41 Å². The number of alkyl halides is 6. The van der Waals surface area contributed by atoms with Crippen LogP contribution in [0.5, 0.6) is 0 Å². The Morgan fingerprint density at radius 3 is 1.70 bits per heavy atom. The van der Waals surface area contributed by atoms with Crippen molar-refractivity contribution in [1.82, 2.24) is 14.1 Å². The average molecular weight is 799 g/mol. The number of sulfonamides is 1. The van der Waals surface area contributed by atoms with E-state index in [1.165, 1.54) is 10.6 Å². The third-order valence-corrected chi connectivity index (χ3v) is 9.00. The van der Waals surface area contributed by atoms with Crippen LogP contribution < -0.4 is 11.1 Å². The second-order valence-corrected chi connectivity index (χ2v) is 13.4. The number of carboxylic acids is 2. The fourth-order valence-electron chi connectivity index (χ4n) is 5.04. The van der Waals surface area contributed by atoms with Crippen LogP contribution in [0, 0.1) is 5.41 Å². The van der Waals surface area contributed by atoms with Gasteiger partial charge in [0.1, 0.15) is 11.9 Å². The van der Waals surface area contributed by atoms with E-state index in [-0.39, 0.29) is 30.3 Å². The van der Waals surface area contributed by atoms with E-state index in [0.29, 0.717) is 61.5 Å². The molecule has 2 aromatic rings. The average Bonchev–Trinajstić information content (AvgIpc) is 3.54. The highest BCUT2D eigenvalue weighted by Gasteiger charge is 2.43. The lowest BCUT2D eigenvalue weighted by Gasteiger charge is -2.36. The molecule has 2 aliphatic heterocycles. The number of carboxylic acid groups (broad SMARTS) is 2. The third kappa shape index (κ3) is 13.3. The maximum atomic E-state index is 13.6.